The van der Waals surface area contributed by atoms with Gasteiger partial charge in [0.25, 0.3) is 0 Å². The van der Waals surface area contributed by atoms with Crippen molar-refractivity contribution in [1.29, 1.82) is 0 Å². The zero-order valence-corrected chi connectivity index (χ0v) is 10.1. The minimum absolute atomic E-state index is 0.0534. The first-order valence-electron chi connectivity index (χ1n) is 5.34. The van der Waals surface area contributed by atoms with Gasteiger partial charge in [-0.3, -0.25) is 0 Å². The first-order valence-corrected chi connectivity index (χ1v) is 5.34. The Balaban J connectivity index is 2.97. The van der Waals surface area contributed by atoms with Gasteiger partial charge in [-0.15, -0.1) is 0 Å². The highest BCUT2D eigenvalue weighted by Crippen LogP contribution is 2.30. The second-order valence-electron chi connectivity index (χ2n) is 4.13. The summed E-state index contributed by atoms with van der Waals surface area (Å²) < 4.78 is 37.2. The minimum atomic E-state index is -4.27. The van der Waals surface area contributed by atoms with Crippen molar-refractivity contribution in [2.75, 3.05) is 7.05 Å². The Labute approximate surface area is 99.3 Å². The number of nitrogens with one attached hydrogen (secondary N) is 1. The lowest BCUT2D eigenvalue weighted by Gasteiger charge is -2.14. The molecule has 1 aromatic carbocycles. The van der Waals surface area contributed by atoms with E-state index in [0.717, 1.165) is 23.3 Å². The Morgan fingerprint density at radius 3 is 2.06 bits per heavy atom. The summed E-state index contributed by atoms with van der Waals surface area (Å²) in [4.78, 5) is 0. The molecule has 0 saturated heterocycles. The van der Waals surface area contributed by atoms with Gasteiger partial charge in [-0.2, -0.15) is 13.2 Å². The Morgan fingerprint density at radius 1 is 1.18 bits per heavy atom. The van der Waals surface area contributed by atoms with E-state index < -0.39 is 11.7 Å². The van der Waals surface area contributed by atoms with E-state index in [-0.39, 0.29) is 6.04 Å². The predicted octanol–water partition coefficient (Wildman–Crippen LogP) is 3.93. The van der Waals surface area contributed by atoms with E-state index in [1.54, 1.807) is 7.05 Å². The summed E-state index contributed by atoms with van der Waals surface area (Å²) in [6.45, 7) is 3.91. The number of allylic oxidation sites excluding steroid dienone is 1. The SMILES string of the molecule is CNC(C=C(C)C)c1ccc(C(F)(F)F)cc1. The lowest BCUT2D eigenvalue weighted by atomic mass is 10.0. The average Bonchev–Trinajstić information content (AvgIpc) is 2.24. The van der Waals surface area contributed by atoms with Crippen molar-refractivity contribution >= 4 is 0 Å². The van der Waals surface area contributed by atoms with E-state index in [9.17, 15) is 13.2 Å². The van der Waals surface area contributed by atoms with Crippen LogP contribution in [0, 0.1) is 0 Å². The van der Waals surface area contributed by atoms with E-state index in [0.29, 0.717) is 0 Å². The molecule has 94 valence electrons. The van der Waals surface area contributed by atoms with Gasteiger partial charge in [0.15, 0.2) is 0 Å². The molecule has 0 aliphatic carbocycles. The van der Waals surface area contributed by atoms with Crippen LogP contribution in [0.4, 0.5) is 13.2 Å². The fraction of sp³-hybridized carbons (Fsp3) is 0.385. The van der Waals surface area contributed by atoms with Gasteiger partial charge in [0.1, 0.15) is 0 Å². The molecule has 0 aliphatic rings. The quantitative estimate of drug-likeness (QED) is 0.793. The first-order chi connectivity index (χ1) is 7.84. The van der Waals surface area contributed by atoms with Crippen LogP contribution in [0.15, 0.2) is 35.9 Å². The molecule has 0 spiro atoms. The first kappa shape index (κ1) is 13.8. The fourth-order valence-corrected chi connectivity index (χ4v) is 1.56. The highest BCUT2D eigenvalue weighted by Gasteiger charge is 2.30. The Kier molecular flexibility index (Phi) is 4.34. The lowest BCUT2D eigenvalue weighted by molar-refractivity contribution is -0.137. The predicted molar refractivity (Wildman–Crippen MR) is 62.7 cm³/mol. The van der Waals surface area contributed by atoms with E-state index in [1.807, 2.05) is 19.9 Å². The van der Waals surface area contributed by atoms with Gasteiger partial charge in [-0.1, -0.05) is 23.8 Å². The van der Waals surface area contributed by atoms with Gasteiger partial charge in [0, 0.05) is 0 Å². The number of hydrogen-bond acceptors (Lipinski definition) is 1. The van der Waals surface area contributed by atoms with Gasteiger partial charge in [0.05, 0.1) is 11.6 Å². The summed E-state index contributed by atoms with van der Waals surface area (Å²) in [5, 5.41) is 3.05. The minimum Gasteiger partial charge on any atom is -0.310 e. The zero-order chi connectivity index (χ0) is 13.1. The third kappa shape index (κ3) is 3.89. The Morgan fingerprint density at radius 2 is 1.71 bits per heavy atom. The molecule has 0 heterocycles. The van der Waals surface area contributed by atoms with Crippen LogP contribution in [0.3, 0.4) is 0 Å². The molecule has 0 fully saturated rings. The van der Waals surface area contributed by atoms with Gasteiger partial charge >= 0.3 is 6.18 Å². The molecule has 0 aliphatic heterocycles. The molecule has 1 unspecified atom stereocenters. The maximum absolute atomic E-state index is 12.4. The molecule has 0 saturated carbocycles. The molecule has 0 aromatic heterocycles. The maximum Gasteiger partial charge on any atom is 0.416 e. The van der Waals surface area contributed by atoms with Crippen molar-refractivity contribution in [3.8, 4) is 0 Å². The second-order valence-corrected chi connectivity index (χ2v) is 4.13. The lowest BCUT2D eigenvalue weighted by Crippen LogP contribution is -2.14. The highest BCUT2D eigenvalue weighted by molar-refractivity contribution is 5.29. The smallest absolute Gasteiger partial charge is 0.310 e. The zero-order valence-electron chi connectivity index (χ0n) is 10.1. The van der Waals surface area contributed by atoms with E-state index >= 15 is 0 Å². The standard InChI is InChI=1S/C13H16F3N/c1-9(2)8-12(17-3)10-4-6-11(7-5-10)13(14,15)16/h4-8,12,17H,1-3H3. The number of hydrogen-bond donors (Lipinski definition) is 1. The normalized spacial score (nSPS) is 13.3. The van der Waals surface area contributed by atoms with Crippen molar-refractivity contribution in [3.05, 3.63) is 47.0 Å². The van der Waals surface area contributed by atoms with Crippen LogP contribution < -0.4 is 5.32 Å². The average molecular weight is 243 g/mol. The third-order valence-corrected chi connectivity index (χ3v) is 2.41. The van der Waals surface area contributed by atoms with Gasteiger partial charge in [0.2, 0.25) is 0 Å². The van der Waals surface area contributed by atoms with Crippen LogP contribution in [0.25, 0.3) is 0 Å². The van der Waals surface area contributed by atoms with Crippen molar-refractivity contribution in [1.82, 2.24) is 5.32 Å². The van der Waals surface area contributed by atoms with Crippen molar-refractivity contribution in [2.24, 2.45) is 0 Å². The molecule has 1 N–H and O–H groups in total. The second kappa shape index (κ2) is 5.36. The van der Waals surface area contributed by atoms with Crippen LogP contribution in [0.1, 0.15) is 31.0 Å². The van der Waals surface area contributed by atoms with Crippen LogP contribution in [0.5, 0.6) is 0 Å². The van der Waals surface area contributed by atoms with Crippen LogP contribution in [-0.4, -0.2) is 7.05 Å². The molecule has 1 nitrogen and oxygen atoms in total. The molecule has 1 atom stereocenters. The Hall–Kier alpha value is -1.29. The van der Waals surface area contributed by atoms with Crippen molar-refractivity contribution in [2.45, 2.75) is 26.1 Å². The molecule has 4 heteroatoms. The largest absolute Gasteiger partial charge is 0.416 e. The number of halogens is 3. The molecule has 17 heavy (non-hydrogen) atoms. The number of alkyl halides is 3. The summed E-state index contributed by atoms with van der Waals surface area (Å²) in [6.07, 6.45) is -2.30. The fourth-order valence-electron chi connectivity index (χ4n) is 1.56. The monoisotopic (exact) mass is 243 g/mol. The molecule has 0 amide bonds. The Bertz CT molecular complexity index is 386. The molecule has 1 aromatic rings. The van der Waals surface area contributed by atoms with Crippen LogP contribution >= 0.6 is 0 Å². The third-order valence-electron chi connectivity index (χ3n) is 2.41. The molecular weight excluding hydrogens is 227 g/mol. The van der Waals surface area contributed by atoms with E-state index in [4.69, 9.17) is 0 Å². The molecular formula is C13H16F3N. The summed E-state index contributed by atoms with van der Waals surface area (Å²) in [6, 6.07) is 5.17. The van der Waals surface area contributed by atoms with E-state index in [2.05, 4.69) is 5.32 Å². The summed E-state index contributed by atoms with van der Waals surface area (Å²) in [7, 11) is 1.78. The van der Waals surface area contributed by atoms with E-state index in [1.165, 1.54) is 12.1 Å². The van der Waals surface area contributed by atoms with Gasteiger partial charge in [-0.25, -0.2) is 0 Å². The highest BCUT2D eigenvalue weighted by atomic mass is 19.4. The molecule has 0 radical (unpaired) electrons. The van der Waals surface area contributed by atoms with Gasteiger partial charge < -0.3 is 5.32 Å². The van der Waals surface area contributed by atoms with Crippen LogP contribution in [-0.2, 0) is 6.18 Å². The molecule has 1 rings (SSSR count). The number of rotatable bonds is 3. The summed E-state index contributed by atoms with van der Waals surface area (Å²) >= 11 is 0. The number of benzene rings is 1. The topological polar surface area (TPSA) is 12.0 Å². The van der Waals surface area contributed by atoms with Crippen molar-refractivity contribution in [3.63, 3.8) is 0 Å². The summed E-state index contributed by atoms with van der Waals surface area (Å²) in [5.41, 5.74) is 1.32. The van der Waals surface area contributed by atoms with Crippen LogP contribution in [0.2, 0.25) is 0 Å². The summed E-state index contributed by atoms with van der Waals surface area (Å²) in [5.74, 6) is 0. The van der Waals surface area contributed by atoms with Crippen molar-refractivity contribution < 1.29 is 13.2 Å². The maximum atomic E-state index is 12.4. The van der Waals surface area contributed by atoms with Gasteiger partial charge in [-0.05, 0) is 38.6 Å². The molecule has 0 bridgehead atoms. The number of likely N-dealkylation sites (N-methyl/N-ethyl adjacent to an activating group) is 1.